The van der Waals surface area contributed by atoms with Gasteiger partial charge in [0.25, 0.3) is 0 Å². The van der Waals surface area contributed by atoms with Crippen molar-refractivity contribution in [3.8, 4) is 0 Å². The molecule has 2 amide bonds. The Labute approximate surface area is 131 Å². The van der Waals surface area contributed by atoms with E-state index in [0.717, 1.165) is 49.2 Å². The Hall–Kier alpha value is -1.88. The molecule has 0 atom stereocenters. The Kier molecular flexibility index (Phi) is 5.55. The van der Waals surface area contributed by atoms with Crippen LogP contribution in [0.25, 0.3) is 0 Å². The van der Waals surface area contributed by atoms with Gasteiger partial charge < -0.3 is 11.1 Å². The summed E-state index contributed by atoms with van der Waals surface area (Å²) in [6.45, 7) is 5.94. The average molecular weight is 303 g/mol. The third-order valence-electron chi connectivity index (χ3n) is 4.36. The maximum absolute atomic E-state index is 12.3. The van der Waals surface area contributed by atoms with Crippen molar-refractivity contribution in [2.45, 2.75) is 33.1 Å². The summed E-state index contributed by atoms with van der Waals surface area (Å²) in [4.78, 5) is 25.5. The van der Waals surface area contributed by atoms with Crippen LogP contribution < -0.4 is 11.1 Å². The molecule has 1 saturated heterocycles. The zero-order valence-corrected chi connectivity index (χ0v) is 13.4. The number of likely N-dealkylation sites (tertiary alicyclic amines) is 1. The summed E-state index contributed by atoms with van der Waals surface area (Å²) >= 11 is 0. The van der Waals surface area contributed by atoms with E-state index < -0.39 is 0 Å². The number of piperidine rings is 1. The summed E-state index contributed by atoms with van der Waals surface area (Å²) < 4.78 is 0. The lowest BCUT2D eigenvalue weighted by Gasteiger charge is -2.30. The van der Waals surface area contributed by atoms with Gasteiger partial charge in [-0.25, -0.2) is 0 Å². The Balaban J connectivity index is 1.90. The quantitative estimate of drug-likeness (QED) is 0.869. The van der Waals surface area contributed by atoms with Crippen LogP contribution in [-0.4, -0.2) is 36.3 Å². The zero-order valence-electron chi connectivity index (χ0n) is 13.4. The van der Waals surface area contributed by atoms with Crippen LogP contribution in [0.3, 0.4) is 0 Å². The fourth-order valence-corrected chi connectivity index (χ4v) is 2.96. The molecule has 0 radical (unpaired) electrons. The van der Waals surface area contributed by atoms with E-state index in [1.165, 1.54) is 0 Å². The monoisotopic (exact) mass is 303 g/mol. The van der Waals surface area contributed by atoms with E-state index in [0.29, 0.717) is 6.54 Å². The van der Waals surface area contributed by atoms with Gasteiger partial charge in [-0.15, -0.1) is 0 Å². The number of amides is 2. The third kappa shape index (κ3) is 4.07. The number of hydrogen-bond donors (Lipinski definition) is 2. The smallest absolute Gasteiger partial charge is 0.238 e. The summed E-state index contributed by atoms with van der Waals surface area (Å²) in [6, 6.07) is 6.06. The minimum Gasteiger partial charge on any atom is -0.369 e. The summed E-state index contributed by atoms with van der Waals surface area (Å²) in [5.74, 6) is -0.263. The van der Waals surface area contributed by atoms with Crippen molar-refractivity contribution in [3.05, 3.63) is 29.3 Å². The number of benzene rings is 1. The number of carbonyl (C=O) groups is 2. The topological polar surface area (TPSA) is 75.4 Å². The lowest BCUT2D eigenvalue weighted by molar-refractivity contribution is -0.123. The Morgan fingerprint density at radius 2 is 2.00 bits per heavy atom. The highest BCUT2D eigenvalue weighted by molar-refractivity contribution is 5.93. The molecule has 5 nitrogen and oxygen atoms in total. The molecule has 0 unspecified atom stereocenters. The second-order valence-electron chi connectivity index (χ2n) is 5.96. The Morgan fingerprint density at radius 1 is 1.32 bits per heavy atom. The SMILES string of the molecule is CCc1cccc(C)c1NC(=O)CN1CCC(C(N)=O)CC1. The van der Waals surface area contributed by atoms with Crippen molar-refractivity contribution in [2.24, 2.45) is 11.7 Å². The van der Waals surface area contributed by atoms with Crippen molar-refractivity contribution in [1.29, 1.82) is 0 Å². The lowest BCUT2D eigenvalue weighted by Crippen LogP contribution is -2.42. The summed E-state index contributed by atoms with van der Waals surface area (Å²) in [7, 11) is 0. The molecule has 1 aromatic carbocycles. The molecule has 2 rings (SSSR count). The second kappa shape index (κ2) is 7.40. The lowest BCUT2D eigenvalue weighted by atomic mass is 9.96. The number of carbonyl (C=O) groups excluding carboxylic acids is 2. The van der Waals surface area contributed by atoms with Gasteiger partial charge in [-0.3, -0.25) is 14.5 Å². The van der Waals surface area contributed by atoms with Crippen LogP contribution in [0.5, 0.6) is 0 Å². The molecule has 22 heavy (non-hydrogen) atoms. The Morgan fingerprint density at radius 3 is 2.59 bits per heavy atom. The number of rotatable bonds is 5. The van der Waals surface area contributed by atoms with Crippen LogP contribution in [-0.2, 0) is 16.0 Å². The first-order valence-electron chi connectivity index (χ1n) is 7.91. The predicted octanol–water partition coefficient (Wildman–Crippen LogP) is 1.69. The molecule has 1 heterocycles. The maximum atomic E-state index is 12.3. The van der Waals surface area contributed by atoms with Gasteiger partial charge in [-0.1, -0.05) is 25.1 Å². The van der Waals surface area contributed by atoms with Crippen LogP contribution in [0, 0.1) is 12.8 Å². The normalized spacial score (nSPS) is 16.5. The molecule has 0 saturated carbocycles. The molecule has 0 aliphatic carbocycles. The standard InChI is InChI=1S/C17H25N3O2/c1-3-13-6-4-5-12(2)16(13)19-15(21)11-20-9-7-14(8-10-20)17(18)22/h4-6,14H,3,7-11H2,1-2H3,(H2,18,22)(H,19,21). The zero-order chi connectivity index (χ0) is 16.1. The van der Waals surface area contributed by atoms with E-state index in [9.17, 15) is 9.59 Å². The minimum absolute atomic E-state index is 0.00141. The van der Waals surface area contributed by atoms with Crippen LogP contribution in [0.4, 0.5) is 5.69 Å². The van der Waals surface area contributed by atoms with Gasteiger partial charge in [0.05, 0.1) is 6.54 Å². The van der Waals surface area contributed by atoms with Gasteiger partial charge in [-0.2, -0.15) is 0 Å². The number of nitrogens with two attached hydrogens (primary N) is 1. The van der Waals surface area contributed by atoms with Gasteiger partial charge >= 0.3 is 0 Å². The van der Waals surface area contributed by atoms with Crippen molar-refractivity contribution >= 4 is 17.5 Å². The number of para-hydroxylation sites is 1. The fourth-order valence-electron chi connectivity index (χ4n) is 2.96. The number of nitrogens with one attached hydrogen (secondary N) is 1. The fraction of sp³-hybridized carbons (Fsp3) is 0.529. The van der Waals surface area contributed by atoms with Crippen molar-refractivity contribution < 1.29 is 9.59 Å². The molecular formula is C17H25N3O2. The van der Waals surface area contributed by atoms with Crippen LogP contribution in [0.2, 0.25) is 0 Å². The highest BCUT2D eigenvalue weighted by Gasteiger charge is 2.24. The summed E-state index contributed by atoms with van der Waals surface area (Å²) in [5.41, 5.74) is 8.50. The molecule has 3 N–H and O–H groups in total. The number of hydrogen-bond acceptors (Lipinski definition) is 3. The number of nitrogens with zero attached hydrogens (tertiary/aromatic N) is 1. The molecule has 0 aromatic heterocycles. The number of primary amides is 1. The van der Waals surface area contributed by atoms with E-state index in [4.69, 9.17) is 5.73 Å². The molecule has 5 heteroatoms. The second-order valence-corrected chi connectivity index (χ2v) is 5.96. The van der Waals surface area contributed by atoms with E-state index in [1.807, 2.05) is 25.1 Å². The van der Waals surface area contributed by atoms with Crippen molar-refractivity contribution in [1.82, 2.24) is 4.90 Å². The first-order chi connectivity index (χ1) is 10.5. The van der Waals surface area contributed by atoms with E-state index in [1.54, 1.807) is 0 Å². The molecule has 0 spiro atoms. The molecule has 1 aliphatic rings. The summed E-state index contributed by atoms with van der Waals surface area (Å²) in [6.07, 6.45) is 2.38. The maximum Gasteiger partial charge on any atom is 0.238 e. The van der Waals surface area contributed by atoms with Crippen LogP contribution in [0.1, 0.15) is 30.9 Å². The minimum atomic E-state index is -0.225. The van der Waals surface area contributed by atoms with Gasteiger partial charge in [0.2, 0.25) is 11.8 Å². The van der Waals surface area contributed by atoms with E-state index in [2.05, 4.69) is 17.1 Å². The van der Waals surface area contributed by atoms with Crippen molar-refractivity contribution in [2.75, 3.05) is 25.0 Å². The van der Waals surface area contributed by atoms with Crippen LogP contribution in [0.15, 0.2) is 18.2 Å². The van der Waals surface area contributed by atoms with E-state index in [-0.39, 0.29) is 17.7 Å². The van der Waals surface area contributed by atoms with Crippen LogP contribution >= 0.6 is 0 Å². The van der Waals surface area contributed by atoms with E-state index >= 15 is 0 Å². The first-order valence-corrected chi connectivity index (χ1v) is 7.91. The largest absolute Gasteiger partial charge is 0.369 e. The van der Waals surface area contributed by atoms with Gasteiger partial charge in [0.1, 0.15) is 0 Å². The third-order valence-corrected chi connectivity index (χ3v) is 4.36. The molecule has 1 fully saturated rings. The Bertz CT molecular complexity index is 549. The number of anilines is 1. The molecule has 120 valence electrons. The van der Waals surface area contributed by atoms with Gasteiger partial charge in [0.15, 0.2) is 0 Å². The van der Waals surface area contributed by atoms with Gasteiger partial charge in [0, 0.05) is 11.6 Å². The summed E-state index contributed by atoms with van der Waals surface area (Å²) in [5, 5.41) is 3.04. The molecular weight excluding hydrogens is 278 g/mol. The molecule has 0 bridgehead atoms. The first kappa shape index (κ1) is 16.5. The molecule has 1 aliphatic heterocycles. The predicted molar refractivity (Wildman–Crippen MR) is 87.5 cm³/mol. The highest BCUT2D eigenvalue weighted by Crippen LogP contribution is 2.21. The molecule has 1 aromatic rings. The highest BCUT2D eigenvalue weighted by atomic mass is 16.2. The number of aryl methyl sites for hydroxylation is 2. The van der Waals surface area contributed by atoms with Crippen molar-refractivity contribution in [3.63, 3.8) is 0 Å². The van der Waals surface area contributed by atoms with Gasteiger partial charge in [-0.05, 0) is 50.4 Å². The average Bonchev–Trinajstić information content (AvgIpc) is 2.49.